The first-order chi connectivity index (χ1) is 8.65. The van der Waals surface area contributed by atoms with E-state index in [0.717, 1.165) is 22.5 Å². The van der Waals surface area contributed by atoms with Crippen molar-refractivity contribution in [2.45, 2.75) is 51.6 Å². The molecule has 1 fully saturated rings. The zero-order chi connectivity index (χ0) is 13.0. The third kappa shape index (κ3) is 4.06. The Labute approximate surface area is 117 Å². The van der Waals surface area contributed by atoms with E-state index in [1.54, 1.807) is 12.1 Å². The summed E-state index contributed by atoms with van der Waals surface area (Å²) in [4.78, 5) is 0. The maximum Gasteiger partial charge on any atom is 0.123 e. The Hall–Kier alpha value is -0.410. The fourth-order valence-electron chi connectivity index (χ4n) is 2.62. The van der Waals surface area contributed by atoms with Crippen LogP contribution in [0.1, 0.15) is 44.6 Å². The molecule has 3 heteroatoms. The number of hydrogen-bond donors (Lipinski definition) is 1. The van der Waals surface area contributed by atoms with E-state index in [0.29, 0.717) is 6.04 Å². The van der Waals surface area contributed by atoms with Gasteiger partial charge in [0.25, 0.3) is 0 Å². The zero-order valence-corrected chi connectivity index (χ0v) is 12.5. The van der Waals surface area contributed by atoms with Crippen LogP contribution in [-0.2, 0) is 6.54 Å². The molecule has 0 aromatic heterocycles. The highest BCUT2D eigenvalue weighted by atomic mass is 79.9. The number of halogens is 2. The van der Waals surface area contributed by atoms with E-state index in [1.165, 1.54) is 38.2 Å². The third-order valence-corrected chi connectivity index (χ3v) is 4.62. The van der Waals surface area contributed by atoms with Gasteiger partial charge in [-0.1, -0.05) is 35.7 Å². The standard InChI is InChI=1S/C15H21BrFN/c1-11-3-2-4-14(7-5-11)18-10-12-9-13(17)6-8-15(12)16/h6,8-9,11,14,18H,2-5,7,10H2,1H3. The number of benzene rings is 1. The van der Waals surface area contributed by atoms with Gasteiger partial charge in [-0.25, -0.2) is 4.39 Å². The summed E-state index contributed by atoms with van der Waals surface area (Å²) in [6, 6.07) is 5.46. The van der Waals surface area contributed by atoms with E-state index in [1.807, 2.05) is 0 Å². The minimum absolute atomic E-state index is 0.163. The second-order valence-corrected chi connectivity index (χ2v) is 6.28. The highest BCUT2D eigenvalue weighted by molar-refractivity contribution is 9.10. The zero-order valence-electron chi connectivity index (χ0n) is 10.9. The van der Waals surface area contributed by atoms with Gasteiger partial charge in [-0.05, 0) is 48.9 Å². The lowest BCUT2D eigenvalue weighted by atomic mass is 10.0. The molecule has 0 saturated heterocycles. The van der Waals surface area contributed by atoms with Crippen molar-refractivity contribution < 1.29 is 4.39 Å². The van der Waals surface area contributed by atoms with Gasteiger partial charge in [0.05, 0.1) is 0 Å². The summed E-state index contributed by atoms with van der Waals surface area (Å²) in [6.45, 7) is 3.09. The highest BCUT2D eigenvalue weighted by Crippen LogP contribution is 2.23. The van der Waals surface area contributed by atoms with E-state index in [-0.39, 0.29) is 5.82 Å². The van der Waals surface area contributed by atoms with Crippen molar-refractivity contribution in [3.05, 3.63) is 34.1 Å². The van der Waals surface area contributed by atoms with Crippen LogP contribution in [0.15, 0.2) is 22.7 Å². The molecule has 100 valence electrons. The monoisotopic (exact) mass is 313 g/mol. The average Bonchev–Trinajstić information content (AvgIpc) is 2.55. The van der Waals surface area contributed by atoms with Gasteiger partial charge in [-0.3, -0.25) is 0 Å². The van der Waals surface area contributed by atoms with Crippen molar-refractivity contribution in [3.63, 3.8) is 0 Å². The molecule has 1 aliphatic rings. The molecule has 0 bridgehead atoms. The molecule has 1 N–H and O–H groups in total. The lowest BCUT2D eigenvalue weighted by Gasteiger charge is -2.17. The van der Waals surface area contributed by atoms with Gasteiger partial charge in [0, 0.05) is 17.1 Å². The molecule has 18 heavy (non-hydrogen) atoms. The fourth-order valence-corrected chi connectivity index (χ4v) is 3.01. The van der Waals surface area contributed by atoms with E-state index >= 15 is 0 Å². The lowest BCUT2D eigenvalue weighted by molar-refractivity contribution is 0.446. The van der Waals surface area contributed by atoms with Gasteiger partial charge in [-0.2, -0.15) is 0 Å². The maximum absolute atomic E-state index is 13.2. The smallest absolute Gasteiger partial charge is 0.123 e. The summed E-state index contributed by atoms with van der Waals surface area (Å²) in [7, 11) is 0. The number of rotatable bonds is 3. The first-order valence-corrected chi connectivity index (χ1v) is 7.62. The normalized spacial score (nSPS) is 24.8. The van der Waals surface area contributed by atoms with Crippen molar-refractivity contribution >= 4 is 15.9 Å². The molecule has 1 nitrogen and oxygen atoms in total. The number of nitrogens with one attached hydrogen (secondary N) is 1. The van der Waals surface area contributed by atoms with Crippen LogP contribution in [0.5, 0.6) is 0 Å². The Morgan fingerprint density at radius 2 is 2.11 bits per heavy atom. The lowest BCUT2D eigenvalue weighted by Crippen LogP contribution is -2.28. The summed E-state index contributed by atoms with van der Waals surface area (Å²) < 4.78 is 14.2. The summed E-state index contributed by atoms with van der Waals surface area (Å²) in [5, 5.41) is 3.57. The minimum Gasteiger partial charge on any atom is -0.310 e. The first kappa shape index (κ1) is 14.0. The predicted octanol–water partition coefficient (Wildman–Crippen LogP) is 4.65. The van der Waals surface area contributed by atoms with Crippen LogP contribution in [0.3, 0.4) is 0 Å². The minimum atomic E-state index is -0.163. The van der Waals surface area contributed by atoms with Crippen LogP contribution in [0.25, 0.3) is 0 Å². The van der Waals surface area contributed by atoms with Gasteiger partial charge in [0.15, 0.2) is 0 Å². The molecule has 0 spiro atoms. The van der Waals surface area contributed by atoms with Gasteiger partial charge >= 0.3 is 0 Å². The molecule has 2 atom stereocenters. The van der Waals surface area contributed by atoms with E-state index in [2.05, 4.69) is 28.2 Å². The molecule has 0 radical (unpaired) electrons. The van der Waals surface area contributed by atoms with Gasteiger partial charge in [0.1, 0.15) is 5.82 Å². The Bertz CT molecular complexity index is 394. The molecule has 1 aromatic carbocycles. The van der Waals surface area contributed by atoms with Crippen LogP contribution in [0.4, 0.5) is 4.39 Å². The molecule has 1 saturated carbocycles. The SMILES string of the molecule is CC1CCCC(NCc2cc(F)ccc2Br)CC1. The maximum atomic E-state index is 13.2. The van der Waals surface area contributed by atoms with Crippen molar-refractivity contribution in [3.8, 4) is 0 Å². The Kier molecular flexibility index (Phi) is 5.19. The second kappa shape index (κ2) is 6.67. The Morgan fingerprint density at radius 1 is 1.28 bits per heavy atom. The summed E-state index contributed by atoms with van der Waals surface area (Å²) in [6.07, 6.45) is 6.46. The van der Waals surface area contributed by atoms with Crippen LogP contribution in [-0.4, -0.2) is 6.04 Å². The summed E-state index contributed by atoms with van der Waals surface area (Å²) >= 11 is 3.47. The molecule has 2 rings (SSSR count). The summed E-state index contributed by atoms with van der Waals surface area (Å²) in [5.41, 5.74) is 1.01. The first-order valence-electron chi connectivity index (χ1n) is 6.82. The van der Waals surface area contributed by atoms with E-state index in [9.17, 15) is 4.39 Å². The molecule has 0 aliphatic heterocycles. The molecule has 1 aliphatic carbocycles. The largest absolute Gasteiger partial charge is 0.310 e. The van der Waals surface area contributed by atoms with Gasteiger partial charge in [-0.15, -0.1) is 0 Å². The molecule has 0 amide bonds. The molecule has 0 heterocycles. The Balaban J connectivity index is 1.88. The molecular weight excluding hydrogens is 293 g/mol. The van der Waals surface area contributed by atoms with Crippen molar-refractivity contribution in [1.82, 2.24) is 5.32 Å². The molecule has 1 aromatic rings. The van der Waals surface area contributed by atoms with Gasteiger partial charge < -0.3 is 5.32 Å². The van der Waals surface area contributed by atoms with Crippen LogP contribution in [0, 0.1) is 11.7 Å². The van der Waals surface area contributed by atoms with Crippen LogP contribution in [0.2, 0.25) is 0 Å². The van der Waals surface area contributed by atoms with Crippen LogP contribution >= 0.6 is 15.9 Å². The highest BCUT2D eigenvalue weighted by Gasteiger charge is 2.15. The second-order valence-electron chi connectivity index (χ2n) is 5.43. The number of hydrogen-bond acceptors (Lipinski definition) is 1. The topological polar surface area (TPSA) is 12.0 Å². The van der Waals surface area contributed by atoms with Crippen molar-refractivity contribution in [2.24, 2.45) is 5.92 Å². The van der Waals surface area contributed by atoms with E-state index < -0.39 is 0 Å². The third-order valence-electron chi connectivity index (χ3n) is 3.85. The average molecular weight is 314 g/mol. The Morgan fingerprint density at radius 3 is 2.94 bits per heavy atom. The molecular formula is C15H21BrFN. The van der Waals surface area contributed by atoms with Crippen molar-refractivity contribution in [1.29, 1.82) is 0 Å². The van der Waals surface area contributed by atoms with Crippen molar-refractivity contribution in [2.75, 3.05) is 0 Å². The summed E-state index contributed by atoms with van der Waals surface area (Å²) in [5.74, 6) is 0.696. The fraction of sp³-hybridized carbons (Fsp3) is 0.600. The predicted molar refractivity (Wildman–Crippen MR) is 77.0 cm³/mol. The van der Waals surface area contributed by atoms with Crippen LogP contribution < -0.4 is 5.32 Å². The van der Waals surface area contributed by atoms with Gasteiger partial charge in [0.2, 0.25) is 0 Å². The molecule has 2 unspecified atom stereocenters. The van der Waals surface area contributed by atoms with E-state index in [4.69, 9.17) is 0 Å². The quantitative estimate of drug-likeness (QED) is 0.801.